The molecule has 20 heavy (non-hydrogen) atoms. The van der Waals surface area contributed by atoms with E-state index >= 15 is 0 Å². The van der Waals surface area contributed by atoms with Gasteiger partial charge in [-0.25, -0.2) is 0 Å². The van der Waals surface area contributed by atoms with E-state index in [2.05, 4.69) is 50.4 Å². The molecule has 0 amide bonds. The average molecular weight is 277 g/mol. The van der Waals surface area contributed by atoms with Crippen molar-refractivity contribution in [3.8, 4) is 5.75 Å². The lowest BCUT2D eigenvalue weighted by atomic mass is 10.1. The lowest BCUT2D eigenvalue weighted by Gasteiger charge is -2.13. The highest BCUT2D eigenvalue weighted by atomic mass is 16.5. The first kappa shape index (κ1) is 17.0. The van der Waals surface area contributed by atoms with Gasteiger partial charge in [0.25, 0.3) is 0 Å². The highest BCUT2D eigenvalue weighted by molar-refractivity contribution is 5.27. The minimum atomic E-state index is 0.538. The van der Waals surface area contributed by atoms with E-state index in [0.29, 0.717) is 6.04 Å². The summed E-state index contributed by atoms with van der Waals surface area (Å²) >= 11 is 0. The summed E-state index contributed by atoms with van der Waals surface area (Å²) in [7, 11) is 0. The number of hydrogen-bond acceptors (Lipinski definition) is 2. The Hall–Kier alpha value is -1.02. The molecular weight excluding hydrogens is 246 g/mol. The van der Waals surface area contributed by atoms with Crippen LogP contribution in [0.25, 0.3) is 0 Å². The van der Waals surface area contributed by atoms with Gasteiger partial charge in [0.05, 0.1) is 6.61 Å². The summed E-state index contributed by atoms with van der Waals surface area (Å²) in [5.41, 5.74) is 1.37. The second kappa shape index (κ2) is 10.7. The highest BCUT2D eigenvalue weighted by Gasteiger charge is 2.02. The van der Waals surface area contributed by atoms with E-state index in [1.165, 1.54) is 31.2 Å². The molecule has 0 saturated carbocycles. The molecule has 0 aliphatic carbocycles. The zero-order valence-corrected chi connectivity index (χ0v) is 13.5. The van der Waals surface area contributed by atoms with Gasteiger partial charge >= 0.3 is 0 Å². The van der Waals surface area contributed by atoms with E-state index in [0.717, 1.165) is 31.7 Å². The maximum absolute atomic E-state index is 5.76. The van der Waals surface area contributed by atoms with Crippen molar-refractivity contribution < 1.29 is 4.74 Å². The Morgan fingerprint density at radius 2 is 1.75 bits per heavy atom. The Kier molecular flexibility index (Phi) is 9.14. The van der Waals surface area contributed by atoms with Gasteiger partial charge in [0.1, 0.15) is 5.75 Å². The standard InChI is InChI=1S/C18H31NO/c1-4-6-7-8-14-20-18-11-9-17(10-12-18)15-16(3)19-13-5-2/h9-12,16,19H,4-8,13-15H2,1-3H3. The molecule has 2 heteroatoms. The zero-order valence-electron chi connectivity index (χ0n) is 13.5. The average Bonchev–Trinajstić information content (AvgIpc) is 2.46. The summed E-state index contributed by atoms with van der Waals surface area (Å²) in [5.74, 6) is 0.999. The van der Waals surface area contributed by atoms with E-state index in [1.54, 1.807) is 0 Å². The maximum Gasteiger partial charge on any atom is 0.119 e. The minimum Gasteiger partial charge on any atom is -0.494 e. The predicted octanol–water partition coefficient (Wildman–Crippen LogP) is 4.58. The minimum absolute atomic E-state index is 0.538. The van der Waals surface area contributed by atoms with Crippen LogP contribution in [0.5, 0.6) is 5.75 Å². The first-order chi connectivity index (χ1) is 9.76. The van der Waals surface area contributed by atoms with Crippen molar-refractivity contribution in [2.45, 2.75) is 65.3 Å². The van der Waals surface area contributed by atoms with Crippen molar-refractivity contribution in [2.75, 3.05) is 13.2 Å². The predicted molar refractivity (Wildman–Crippen MR) is 87.5 cm³/mol. The Morgan fingerprint density at radius 3 is 2.40 bits per heavy atom. The molecule has 1 aromatic carbocycles. The van der Waals surface area contributed by atoms with Crippen molar-refractivity contribution in [1.29, 1.82) is 0 Å². The molecular formula is C18H31NO. The van der Waals surface area contributed by atoms with Gasteiger partial charge in [0.15, 0.2) is 0 Å². The molecule has 0 radical (unpaired) electrons. The second-order valence-corrected chi connectivity index (χ2v) is 5.61. The molecule has 0 spiro atoms. The van der Waals surface area contributed by atoms with Gasteiger partial charge in [0, 0.05) is 6.04 Å². The molecule has 1 rings (SSSR count). The SMILES string of the molecule is CCCCCCOc1ccc(CC(C)NCCC)cc1. The summed E-state index contributed by atoms with van der Waals surface area (Å²) < 4.78 is 5.76. The number of ether oxygens (including phenoxy) is 1. The van der Waals surface area contributed by atoms with Gasteiger partial charge < -0.3 is 10.1 Å². The summed E-state index contributed by atoms with van der Waals surface area (Å²) in [5, 5.41) is 3.52. The largest absolute Gasteiger partial charge is 0.494 e. The van der Waals surface area contributed by atoms with Crippen LogP contribution < -0.4 is 10.1 Å². The molecule has 1 unspecified atom stereocenters. The number of unbranched alkanes of at least 4 members (excludes halogenated alkanes) is 3. The molecule has 0 fully saturated rings. The van der Waals surface area contributed by atoms with Crippen LogP contribution >= 0.6 is 0 Å². The Bertz CT molecular complexity index is 334. The zero-order chi connectivity index (χ0) is 14.6. The van der Waals surface area contributed by atoms with Crippen LogP contribution in [0.4, 0.5) is 0 Å². The third-order valence-corrected chi connectivity index (χ3v) is 3.47. The fourth-order valence-corrected chi connectivity index (χ4v) is 2.26. The van der Waals surface area contributed by atoms with Crippen LogP contribution in [-0.2, 0) is 6.42 Å². The highest BCUT2D eigenvalue weighted by Crippen LogP contribution is 2.14. The lowest BCUT2D eigenvalue weighted by Crippen LogP contribution is -2.28. The van der Waals surface area contributed by atoms with Crippen LogP contribution in [0.15, 0.2) is 24.3 Å². The van der Waals surface area contributed by atoms with Gasteiger partial charge in [-0.05, 0) is 50.4 Å². The maximum atomic E-state index is 5.76. The molecule has 0 heterocycles. The van der Waals surface area contributed by atoms with E-state index < -0.39 is 0 Å². The molecule has 0 saturated heterocycles. The lowest BCUT2D eigenvalue weighted by molar-refractivity contribution is 0.305. The fraction of sp³-hybridized carbons (Fsp3) is 0.667. The van der Waals surface area contributed by atoms with Crippen LogP contribution in [0.1, 0.15) is 58.4 Å². The van der Waals surface area contributed by atoms with E-state index in [-0.39, 0.29) is 0 Å². The van der Waals surface area contributed by atoms with Crippen LogP contribution in [0.2, 0.25) is 0 Å². The normalized spacial score (nSPS) is 12.3. The summed E-state index contributed by atoms with van der Waals surface area (Å²) in [6.07, 6.45) is 7.29. The monoisotopic (exact) mass is 277 g/mol. The van der Waals surface area contributed by atoms with Crippen LogP contribution in [-0.4, -0.2) is 19.2 Å². The fourth-order valence-electron chi connectivity index (χ4n) is 2.26. The molecule has 2 nitrogen and oxygen atoms in total. The molecule has 1 N–H and O–H groups in total. The van der Waals surface area contributed by atoms with Crippen molar-refractivity contribution >= 4 is 0 Å². The summed E-state index contributed by atoms with van der Waals surface area (Å²) in [6, 6.07) is 9.11. The van der Waals surface area contributed by atoms with Crippen molar-refractivity contribution in [1.82, 2.24) is 5.32 Å². The number of hydrogen-bond donors (Lipinski definition) is 1. The Balaban J connectivity index is 2.25. The summed E-state index contributed by atoms with van der Waals surface area (Å²) in [4.78, 5) is 0. The van der Waals surface area contributed by atoms with Gasteiger partial charge in [0.2, 0.25) is 0 Å². The van der Waals surface area contributed by atoms with E-state index in [1.807, 2.05) is 0 Å². The van der Waals surface area contributed by atoms with Gasteiger partial charge in [-0.15, -0.1) is 0 Å². The van der Waals surface area contributed by atoms with E-state index in [9.17, 15) is 0 Å². The molecule has 0 aromatic heterocycles. The second-order valence-electron chi connectivity index (χ2n) is 5.61. The van der Waals surface area contributed by atoms with Gasteiger partial charge in [-0.1, -0.05) is 45.2 Å². The molecule has 1 aromatic rings. The number of nitrogens with one attached hydrogen (secondary N) is 1. The van der Waals surface area contributed by atoms with Crippen LogP contribution in [0, 0.1) is 0 Å². The third kappa shape index (κ3) is 7.54. The first-order valence-corrected chi connectivity index (χ1v) is 8.21. The first-order valence-electron chi connectivity index (χ1n) is 8.21. The molecule has 0 aliphatic heterocycles. The Labute approximate surface area is 124 Å². The molecule has 114 valence electrons. The topological polar surface area (TPSA) is 21.3 Å². The Morgan fingerprint density at radius 1 is 1.00 bits per heavy atom. The van der Waals surface area contributed by atoms with Crippen molar-refractivity contribution in [2.24, 2.45) is 0 Å². The van der Waals surface area contributed by atoms with Gasteiger partial charge in [-0.2, -0.15) is 0 Å². The molecule has 0 aliphatic rings. The number of benzene rings is 1. The number of rotatable bonds is 11. The smallest absolute Gasteiger partial charge is 0.119 e. The van der Waals surface area contributed by atoms with Crippen molar-refractivity contribution in [3.63, 3.8) is 0 Å². The van der Waals surface area contributed by atoms with Crippen LogP contribution in [0.3, 0.4) is 0 Å². The molecule has 1 atom stereocenters. The molecule has 0 bridgehead atoms. The van der Waals surface area contributed by atoms with Gasteiger partial charge in [-0.3, -0.25) is 0 Å². The quantitative estimate of drug-likeness (QED) is 0.598. The van der Waals surface area contributed by atoms with E-state index in [4.69, 9.17) is 4.74 Å². The summed E-state index contributed by atoms with van der Waals surface area (Å²) in [6.45, 7) is 8.62. The third-order valence-electron chi connectivity index (χ3n) is 3.47. The van der Waals surface area contributed by atoms with Crippen molar-refractivity contribution in [3.05, 3.63) is 29.8 Å².